The number of nitro benzene ring substituents is 1. The Hall–Kier alpha value is -3.74. The zero-order valence-corrected chi connectivity index (χ0v) is 15.9. The molecule has 0 radical (unpaired) electrons. The average molecular weight is 394 g/mol. The average Bonchev–Trinajstić information content (AvgIpc) is 2.75. The van der Waals surface area contributed by atoms with E-state index in [0.717, 1.165) is 11.1 Å². The van der Waals surface area contributed by atoms with Crippen molar-refractivity contribution in [3.63, 3.8) is 0 Å². The van der Waals surface area contributed by atoms with E-state index in [4.69, 9.17) is 4.74 Å². The molecule has 0 fully saturated rings. The summed E-state index contributed by atoms with van der Waals surface area (Å²) in [6.45, 7) is 0. The zero-order chi connectivity index (χ0) is 21.0. The van der Waals surface area contributed by atoms with Crippen molar-refractivity contribution in [3.05, 3.63) is 105 Å². The number of carbonyl (C=O) groups excluding carboxylic acids is 1. The lowest BCUT2D eigenvalue weighted by Crippen LogP contribution is -2.32. The Morgan fingerprint density at radius 2 is 1.66 bits per heavy atom. The first kappa shape index (κ1) is 20.0. The van der Waals surface area contributed by atoms with Crippen LogP contribution in [-0.4, -0.2) is 29.9 Å². The van der Waals surface area contributed by atoms with Crippen molar-refractivity contribution in [1.82, 2.24) is 4.90 Å². The highest BCUT2D eigenvalue weighted by atomic mass is 19.1. The minimum atomic E-state index is -0.593. The maximum Gasteiger partial charge on any atom is 0.311 e. The van der Waals surface area contributed by atoms with Gasteiger partial charge in [0, 0.05) is 18.7 Å². The number of methoxy groups -OCH3 is 1. The highest BCUT2D eigenvalue weighted by Gasteiger charge is 2.26. The third kappa shape index (κ3) is 4.24. The molecule has 0 aliphatic carbocycles. The molecule has 148 valence electrons. The van der Waals surface area contributed by atoms with Crippen LogP contribution in [0.15, 0.2) is 72.8 Å². The van der Waals surface area contributed by atoms with E-state index >= 15 is 0 Å². The van der Waals surface area contributed by atoms with Gasteiger partial charge in [-0.1, -0.05) is 42.5 Å². The van der Waals surface area contributed by atoms with Gasteiger partial charge in [0.15, 0.2) is 5.75 Å². The maximum atomic E-state index is 13.4. The Balaban J connectivity index is 2.03. The first-order valence-corrected chi connectivity index (χ1v) is 8.82. The van der Waals surface area contributed by atoms with Crippen LogP contribution >= 0.6 is 0 Å². The van der Waals surface area contributed by atoms with E-state index in [1.165, 1.54) is 42.3 Å². The summed E-state index contributed by atoms with van der Waals surface area (Å²) in [6, 6.07) is 18.8. The highest BCUT2D eigenvalue weighted by molar-refractivity contribution is 5.95. The molecule has 3 aromatic carbocycles. The van der Waals surface area contributed by atoms with Crippen LogP contribution in [0.1, 0.15) is 27.5 Å². The molecule has 0 saturated heterocycles. The van der Waals surface area contributed by atoms with Gasteiger partial charge in [0.2, 0.25) is 0 Å². The number of nitrogens with zero attached hydrogens (tertiary/aromatic N) is 2. The minimum absolute atomic E-state index is 0.0762. The van der Waals surface area contributed by atoms with E-state index in [1.54, 1.807) is 19.2 Å². The molecular formula is C22H19FN2O4. The van der Waals surface area contributed by atoms with Gasteiger partial charge in [-0.15, -0.1) is 0 Å². The molecule has 1 amide bonds. The molecule has 0 heterocycles. The van der Waals surface area contributed by atoms with Crippen molar-refractivity contribution >= 4 is 11.6 Å². The summed E-state index contributed by atoms with van der Waals surface area (Å²) < 4.78 is 18.4. The lowest BCUT2D eigenvalue weighted by molar-refractivity contribution is -0.385. The molecule has 7 heteroatoms. The van der Waals surface area contributed by atoms with Gasteiger partial charge in [-0.2, -0.15) is 0 Å². The predicted octanol–water partition coefficient (Wildman–Crippen LogP) is 4.60. The Labute approximate surface area is 167 Å². The molecule has 0 spiro atoms. The molecule has 0 bridgehead atoms. The molecule has 6 nitrogen and oxygen atoms in total. The van der Waals surface area contributed by atoms with Crippen molar-refractivity contribution in [1.29, 1.82) is 0 Å². The van der Waals surface area contributed by atoms with Crippen LogP contribution < -0.4 is 4.74 Å². The third-order valence-electron chi connectivity index (χ3n) is 4.63. The minimum Gasteiger partial charge on any atom is -0.490 e. The first-order chi connectivity index (χ1) is 13.9. The van der Waals surface area contributed by atoms with Crippen molar-refractivity contribution in [2.75, 3.05) is 14.2 Å². The van der Waals surface area contributed by atoms with Crippen LogP contribution in [0.3, 0.4) is 0 Å². The van der Waals surface area contributed by atoms with Crippen LogP contribution in [-0.2, 0) is 0 Å². The highest BCUT2D eigenvalue weighted by Crippen LogP contribution is 2.32. The molecule has 3 aromatic rings. The molecule has 0 aromatic heterocycles. The SMILES string of the molecule is COc1ccc(C(=O)N(C)C(c2ccccc2)c2ccc(F)cc2)cc1[N+](=O)[O-]. The van der Waals surface area contributed by atoms with Gasteiger partial charge in [0.25, 0.3) is 5.91 Å². The molecule has 29 heavy (non-hydrogen) atoms. The van der Waals surface area contributed by atoms with E-state index in [-0.39, 0.29) is 22.8 Å². The van der Waals surface area contributed by atoms with Crippen molar-refractivity contribution < 1.29 is 18.8 Å². The third-order valence-corrected chi connectivity index (χ3v) is 4.63. The van der Waals surface area contributed by atoms with Gasteiger partial charge >= 0.3 is 5.69 Å². The number of amides is 1. The van der Waals surface area contributed by atoms with Crippen molar-refractivity contribution in [3.8, 4) is 5.75 Å². The number of ether oxygens (including phenoxy) is 1. The van der Waals surface area contributed by atoms with E-state index in [1.807, 2.05) is 30.3 Å². The first-order valence-electron chi connectivity index (χ1n) is 8.82. The Kier molecular flexibility index (Phi) is 5.87. The number of nitro groups is 1. The van der Waals surface area contributed by atoms with E-state index in [0.29, 0.717) is 0 Å². The second-order valence-corrected chi connectivity index (χ2v) is 6.42. The summed E-state index contributed by atoms with van der Waals surface area (Å²) in [5, 5.41) is 11.3. The summed E-state index contributed by atoms with van der Waals surface area (Å²) in [4.78, 5) is 25.3. The lowest BCUT2D eigenvalue weighted by atomic mass is 9.96. The molecule has 0 aliphatic heterocycles. The largest absolute Gasteiger partial charge is 0.490 e. The van der Waals surface area contributed by atoms with Gasteiger partial charge < -0.3 is 9.64 Å². The fraction of sp³-hybridized carbons (Fsp3) is 0.136. The molecule has 3 rings (SSSR count). The predicted molar refractivity (Wildman–Crippen MR) is 106 cm³/mol. The van der Waals surface area contributed by atoms with Crippen molar-refractivity contribution in [2.45, 2.75) is 6.04 Å². The fourth-order valence-electron chi connectivity index (χ4n) is 3.21. The monoisotopic (exact) mass is 394 g/mol. The summed E-state index contributed by atoms with van der Waals surface area (Å²) >= 11 is 0. The van der Waals surface area contributed by atoms with Crippen LogP contribution in [0.4, 0.5) is 10.1 Å². The zero-order valence-electron chi connectivity index (χ0n) is 15.9. The molecule has 0 N–H and O–H groups in total. The van der Waals surface area contributed by atoms with Gasteiger partial charge in [0.1, 0.15) is 5.82 Å². The second-order valence-electron chi connectivity index (χ2n) is 6.42. The number of halogens is 1. The second kappa shape index (κ2) is 8.52. The number of benzene rings is 3. The van der Waals surface area contributed by atoms with Crippen LogP contribution in [0, 0.1) is 15.9 Å². The topological polar surface area (TPSA) is 72.7 Å². The Bertz CT molecular complexity index is 1020. The van der Waals surface area contributed by atoms with Crippen LogP contribution in [0.25, 0.3) is 0 Å². The number of hydrogen-bond donors (Lipinski definition) is 0. The fourth-order valence-corrected chi connectivity index (χ4v) is 3.21. The maximum absolute atomic E-state index is 13.4. The van der Waals surface area contributed by atoms with Gasteiger partial charge in [-0.25, -0.2) is 4.39 Å². The smallest absolute Gasteiger partial charge is 0.311 e. The molecule has 0 saturated carbocycles. The Morgan fingerprint density at radius 1 is 1.03 bits per heavy atom. The number of rotatable bonds is 6. The van der Waals surface area contributed by atoms with Gasteiger partial charge in [-0.05, 0) is 35.4 Å². The molecule has 0 aliphatic rings. The number of hydrogen-bond acceptors (Lipinski definition) is 4. The van der Waals surface area contributed by atoms with Gasteiger partial charge in [0.05, 0.1) is 18.1 Å². The number of carbonyl (C=O) groups is 1. The summed E-state index contributed by atoms with van der Waals surface area (Å²) in [5.74, 6) is -0.707. The molecular weight excluding hydrogens is 375 g/mol. The van der Waals surface area contributed by atoms with Crippen LogP contribution in [0.5, 0.6) is 5.75 Å². The lowest BCUT2D eigenvalue weighted by Gasteiger charge is -2.29. The molecule has 1 atom stereocenters. The summed E-state index contributed by atoms with van der Waals surface area (Å²) in [6.07, 6.45) is 0. The van der Waals surface area contributed by atoms with Crippen molar-refractivity contribution in [2.24, 2.45) is 0 Å². The normalized spacial score (nSPS) is 11.6. The standard InChI is InChI=1S/C22H19FN2O4/c1-24(22(26)17-10-13-20(29-2)19(14-17)25(27)28)21(15-6-4-3-5-7-15)16-8-11-18(23)12-9-16/h3-14,21H,1-2H3. The summed E-state index contributed by atoms with van der Waals surface area (Å²) in [7, 11) is 2.94. The summed E-state index contributed by atoms with van der Waals surface area (Å²) in [5.41, 5.74) is 1.42. The van der Waals surface area contributed by atoms with E-state index in [2.05, 4.69) is 0 Å². The van der Waals surface area contributed by atoms with Gasteiger partial charge in [-0.3, -0.25) is 14.9 Å². The Morgan fingerprint density at radius 3 is 2.24 bits per heavy atom. The van der Waals surface area contributed by atoms with Crippen LogP contribution in [0.2, 0.25) is 0 Å². The van der Waals surface area contributed by atoms with E-state index < -0.39 is 16.9 Å². The van der Waals surface area contributed by atoms with E-state index in [9.17, 15) is 19.3 Å². The molecule has 1 unspecified atom stereocenters. The quantitative estimate of drug-likeness (QED) is 0.452.